The molecule has 12 heavy (non-hydrogen) atoms. The first kappa shape index (κ1) is 9.43. The van der Waals surface area contributed by atoms with Crippen LogP contribution in [-0.2, 0) is 0 Å². The molecule has 0 spiro atoms. The van der Waals surface area contributed by atoms with Crippen LogP contribution in [0.2, 0.25) is 0 Å². The molecule has 0 saturated carbocycles. The van der Waals surface area contributed by atoms with Crippen LogP contribution >= 0.6 is 27.3 Å². The molecule has 62 valence electrons. The van der Waals surface area contributed by atoms with Gasteiger partial charge in [-0.2, -0.15) is 5.26 Å². The van der Waals surface area contributed by atoms with Gasteiger partial charge in [-0.1, -0.05) is 0 Å². The van der Waals surface area contributed by atoms with Gasteiger partial charge in [-0.05, 0) is 28.9 Å². The van der Waals surface area contributed by atoms with Crippen molar-refractivity contribution in [3.05, 3.63) is 20.8 Å². The number of thiophene rings is 1. The third kappa shape index (κ3) is 1.93. The quantitative estimate of drug-likeness (QED) is 0.750. The maximum Gasteiger partial charge on any atom is 0.180 e. The summed E-state index contributed by atoms with van der Waals surface area (Å²) in [7, 11) is 0. The van der Waals surface area contributed by atoms with Crippen molar-refractivity contribution < 1.29 is 4.79 Å². The lowest BCUT2D eigenvalue weighted by Crippen LogP contribution is -2.07. The van der Waals surface area contributed by atoms with Crippen molar-refractivity contribution in [3.8, 4) is 6.07 Å². The van der Waals surface area contributed by atoms with Crippen LogP contribution in [0.15, 0.2) is 15.2 Å². The van der Waals surface area contributed by atoms with E-state index >= 15 is 0 Å². The Labute approximate surface area is 83.0 Å². The maximum atomic E-state index is 11.4. The Kier molecular flexibility index (Phi) is 3.01. The second kappa shape index (κ2) is 3.83. The minimum Gasteiger partial charge on any atom is -0.293 e. The average Bonchev–Trinajstić information content (AvgIpc) is 2.49. The Hall–Kier alpha value is -0.660. The molecule has 1 rings (SSSR count). The predicted molar refractivity (Wildman–Crippen MR) is 51.1 cm³/mol. The smallest absolute Gasteiger partial charge is 0.180 e. The van der Waals surface area contributed by atoms with E-state index in [-0.39, 0.29) is 5.78 Å². The second-order valence-corrected chi connectivity index (χ2v) is 4.64. The van der Waals surface area contributed by atoms with Crippen LogP contribution < -0.4 is 0 Å². The standard InChI is InChI=1S/C8H6BrNOS/c1-5(3-10)8(11)6-2-7(9)12-4-6/h2,4-5H,1H3. The molecule has 4 heteroatoms. The van der Waals surface area contributed by atoms with E-state index in [1.807, 2.05) is 6.07 Å². The van der Waals surface area contributed by atoms with E-state index < -0.39 is 5.92 Å². The number of rotatable bonds is 2. The van der Waals surface area contributed by atoms with Crippen molar-refractivity contribution in [1.29, 1.82) is 5.26 Å². The first-order chi connectivity index (χ1) is 5.65. The van der Waals surface area contributed by atoms with Gasteiger partial charge in [0.1, 0.15) is 5.92 Å². The minimum absolute atomic E-state index is 0.112. The molecular weight excluding hydrogens is 238 g/mol. The first-order valence-corrected chi connectivity index (χ1v) is 5.00. The molecule has 2 nitrogen and oxygen atoms in total. The summed E-state index contributed by atoms with van der Waals surface area (Å²) in [6.45, 7) is 1.61. The Morgan fingerprint density at radius 3 is 2.92 bits per heavy atom. The zero-order chi connectivity index (χ0) is 9.14. The van der Waals surface area contributed by atoms with Crippen molar-refractivity contribution in [2.45, 2.75) is 6.92 Å². The molecule has 0 saturated heterocycles. The van der Waals surface area contributed by atoms with Gasteiger partial charge in [0.25, 0.3) is 0 Å². The highest BCUT2D eigenvalue weighted by molar-refractivity contribution is 9.11. The summed E-state index contributed by atoms with van der Waals surface area (Å²) in [6, 6.07) is 3.65. The number of nitriles is 1. The van der Waals surface area contributed by atoms with Gasteiger partial charge in [0.2, 0.25) is 0 Å². The molecule has 0 N–H and O–H groups in total. The lowest BCUT2D eigenvalue weighted by atomic mass is 10.0. The number of carbonyl (C=O) groups is 1. The second-order valence-electron chi connectivity index (χ2n) is 2.35. The Morgan fingerprint density at radius 1 is 1.83 bits per heavy atom. The van der Waals surface area contributed by atoms with Crippen molar-refractivity contribution in [3.63, 3.8) is 0 Å². The molecule has 1 aromatic heterocycles. The molecule has 1 heterocycles. The Balaban J connectivity index is 2.87. The number of carbonyl (C=O) groups excluding carboxylic acids is 1. The number of halogens is 1. The van der Waals surface area contributed by atoms with Gasteiger partial charge in [0.15, 0.2) is 5.78 Å². The van der Waals surface area contributed by atoms with Crippen molar-refractivity contribution in [1.82, 2.24) is 0 Å². The third-order valence-electron chi connectivity index (χ3n) is 1.44. The number of hydrogen-bond acceptors (Lipinski definition) is 3. The molecule has 0 aliphatic carbocycles. The molecule has 0 radical (unpaired) electrons. The van der Waals surface area contributed by atoms with Gasteiger partial charge in [0, 0.05) is 10.9 Å². The molecule has 1 unspecified atom stereocenters. The highest BCUT2D eigenvalue weighted by Gasteiger charge is 2.15. The number of Topliss-reactive ketones (excluding diaryl/α,β-unsaturated/α-hetero) is 1. The topological polar surface area (TPSA) is 40.9 Å². The van der Waals surface area contributed by atoms with Crippen LogP contribution in [0, 0.1) is 17.2 Å². The maximum absolute atomic E-state index is 11.4. The van der Waals surface area contributed by atoms with Gasteiger partial charge < -0.3 is 0 Å². The van der Waals surface area contributed by atoms with Crippen molar-refractivity contribution in [2.24, 2.45) is 5.92 Å². The molecule has 0 amide bonds. The van der Waals surface area contributed by atoms with E-state index in [2.05, 4.69) is 15.9 Å². The summed E-state index contributed by atoms with van der Waals surface area (Å²) < 4.78 is 0.913. The van der Waals surface area contributed by atoms with Crippen LogP contribution in [0.3, 0.4) is 0 Å². The third-order valence-corrected chi connectivity index (χ3v) is 2.94. The van der Waals surface area contributed by atoms with Gasteiger partial charge in [-0.15, -0.1) is 11.3 Å². The normalized spacial score (nSPS) is 12.1. The van der Waals surface area contributed by atoms with Gasteiger partial charge in [-0.3, -0.25) is 4.79 Å². The summed E-state index contributed by atoms with van der Waals surface area (Å²) in [6.07, 6.45) is 0. The average molecular weight is 244 g/mol. The molecule has 1 aromatic rings. The summed E-state index contributed by atoms with van der Waals surface area (Å²) in [5.41, 5.74) is 0.612. The van der Waals surface area contributed by atoms with E-state index in [1.165, 1.54) is 11.3 Å². The van der Waals surface area contributed by atoms with E-state index in [0.29, 0.717) is 5.56 Å². The fourth-order valence-electron chi connectivity index (χ4n) is 0.748. The van der Waals surface area contributed by atoms with E-state index in [4.69, 9.17) is 5.26 Å². The van der Waals surface area contributed by atoms with Crippen molar-refractivity contribution in [2.75, 3.05) is 0 Å². The largest absolute Gasteiger partial charge is 0.293 e. The highest BCUT2D eigenvalue weighted by atomic mass is 79.9. The molecular formula is C8H6BrNOS. The first-order valence-electron chi connectivity index (χ1n) is 3.33. The summed E-state index contributed by atoms with van der Waals surface area (Å²) >= 11 is 4.70. The van der Waals surface area contributed by atoms with Crippen molar-refractivity contribution >= 4 is 33.0 Å². The van der Waals surface area contributed by atoms with Gasteiger partial charge >= 0.3 is 0 Å². The molecule has 0 bridgehead atoms. The zero-order valence-corrected chi connectivity index (χ0v) is 8.78. The zero-order valence-electron chi connectivity index (χ0n) is 6.37. The van der Waals surface area contributed by atoms with E-state index in [9.17, 15) is 4.79 Å². The Bertz CT molecular complexity index is 339. The van der Waals surface area contributed by atoms with Gasteiger partial charge in [0.05, 0.1) is 9.86 Å². The molecule has 1 atom stereocenters. The fraction of sp³-hybridized carbons (Fsp3) is 0.250. The van der Waals surface area contributed by atoms with Crippen LogP contribution in [0.5, 0.6) is 0 Å². The van der Waals surface area contributed by atoms with E-state index in [1.54, 1.807) is 18.4 Å². The summed E-state index contributed by atoms with van der Waals surface area (Å²) in [5.74, 6) is -0.661. The lowest BCUT2D eigenvalue weighted by molar-refractivity contribution is 0.0957. The summed E-state index contributed by atoms with van der Waals surface area (Å²) in [4.78, 5) is 11.4. The summed E-state index contributed by atoms with van der Waals surface area (Å²) in [5, 5.41) is 10.2. The molecule has 0 aliphatic rings. The molecule has 0 fully saturated rings. The van der Waals surface area contributed by atoms with Crippen LogP contribution in [0.25, 0.3) is 0 Å². The highest BCUT2D eigenvalue weighted by Crippen LogP contribution is 2.22. The number of hydrogen-bond donors (Lipinski definition) is 0. The molecule has 0 aromatic carbocycles. The number of nitrogens with zero attached hydrogens (tertiary/aromatic N) is 1. The minimum atomic E-state index is -0.550. The van der Waals surface area contributed by atoms with Crippen LogP contribution in [0.1, 0.15) is 17.3 Å². The lowest BCUT2D eigenvalue weighted by Gasteiger charge is -1.96. The number of ketones is 1. The van der Waals surface area contributed by atoms with Crippen LogP contribution in [-0.4, -0.2) is 5.78 Å². The van der Waals surface area contributed by atoms with Gasteiger partial charge in [-0.25, -0.2) is 0 Å². The monoisotopic (exact) mass is 243 g/mol. The van der Waals surface area contributed by atoms with Crippen LogP contribution in [0.4, 0.5) is 0 Å². The molecule has 0 aliphatic heterocycles. The van der Waals surface area contributed by atoms with E-state index in [0.717, 1.165) is 3.79 Å². The SMILES string of the molecule is CC(C#N)C(=O)c1csc(Br)c1. The fourth-order valence-corrected chi connectivity index (χ4v) is 1.89. The predicted octanol–water partition coefficient (Wildman–Crippen LogP) is 2.85. The Morgan fingerprint density at radius 2 is 2.50 bits per heavy atom.